The topological polar surface area (TPSA) is 71.1 Å². The zero-order valence-electron chi connectivity index (χ0n) is 15.2. The molecule has 2 amide bonds. The van der Waals surface area contributed by atoms with Gasteiger partial charge in [-0.15, -0.1) is 23.1 Å². The Morgan fingerprint density at radius 1 is 1.03 bits per heavy atom. The molecule has 2 N–H and O–H groups in total. The molecule has 3 aromatic rings. The molecule has 0 aliphatic carbocycles. The van der Waals surface area contributed by atoms with Crippen LogP contribution in [0.5, 0.6) is 0 Å². The quantitative estimate of drug-likeness (QED) is 0.508. The number of hydrogen-bond acceptors (Lipinski definition) is 5. The van der Waals surface area contributed by atoms with Crippen molar-refractivity contribution in [2.75, 3.05) is 16.4 Å². The lowest BCUT2D eigenvalue weighted by atomic mass is 10.1. The van der Waals surface area contributed by atoms with Crippen LogP contribution < -0.4 is 10.6 Å². The predicted octanol–water partition coefficient (Wildman–Crippen LogP) is 4.99. The van der Waals surface area contributed by atoms with E-state index < -0.39 is 0 Å². The van der Waals surface area contributed by atoms with E-state index in [1.807, 2.05) is 17.5 Å². The summed E-state index contributed by atoms with van der Waals surface area (Å²) in [6.07, 6.45) is 0.240. The number of amides is 2. The fourth-order valence-corrected chi connectivity index (χ4v) is 4.03. The molecule has 0 fully saturated rings. The third-order valence-corrected chi connectivity index (χ3v) is 5.71. The summed E-state index contributed by atoms with van der Waals surface area (Å²) < 4.78 is 12.9. The van der Waals surface area contributed by atoms with Crippen molar-refractivity contribution in [3.05, 3.63) is 76.0 Å². The summed E-state index contributed by atoms with van der Waals surface area (Å²) >= 11 is 8.58. The standard InChI is InChI=1S/C20H17ClFN3O2S2/c21-14-3-1-13(2-4-14)9-18(26)25-20-24-17(11-29-20)10-28-12-19(27)23-16-7-5-15(22)6-8-16/h1-8,11H,9-10,12H2,(H,23,27)(H,24,25,26). The monoisotopic (exact) mass is 449 g/mol. The number of carbonyl (C=O) groups is 2. The second kappa shape index (κ2) is 10.4. The molecule has 29 heavy (non-hydrogen) atoms. The highest BCUT2D eigenvalue weighted by Gasteiger charge is 2.09. The smallest absolute Gasteiger partial charge is 0.234 e. The molecule has 1 aromatic heterocycles. The molecular weight excluding hydrogens is 433 g/mol. The highest BCUT2D eigenvalue weighted by Crippen LogP contribution is 2.20. The zero-order chi connectivity index (χ0) is 20.6. The van der Waals surface area contributed by atoms with Crippen LogP contribution in [0.15, 0.2) is 53.9 Å². The first-order valence-electron chi connectivity index (χ1n) is 8.60. The summed E-state index contributed by atoms with van der Waals surface area (Å²) in [5, 5.41) is 8.48. The Morgan fingerprint density at radius 3 is 2.48 bits per heavy atom. The maximum Gasteiger partial charge on any atom is 0.234 e. The summed E-state index contributed by atoms with van der Waals surface area (Å²) in [5.74, 6) is 0.109. The van der Waals surface area contributed by atoms with Gasteiger partial charge in [0.2, 0.25) is 11.8 Å². The van der Waals surface area contributed by atoms with E-state index in [-0.39, 0.29) is 29.8 Å². The average Bonchev–Trinajstić information content (AvgIpc) is 3.12. The number of rotatable bonds is 8. The minimum atomic E-state index is -0.350. The molecule has 0 aliphatic heterocycles. The molecule has 0 saturated carbocycles. The predicted molar refractivity (Wildman–Crippen MR) is 117 cm³/mol. The van der Waals surface area contributed by atoms with Gasteiger partial charge in [-0.3, -0.25) is 9.59 Å². The fourth-order valence-electron chi connectivity index (χ4n) is 2.36. The normalized spacial score (nSPS) is 10.6. The van der Waals surface area contributed by atoms with E-state index in [1.54, 1.807) is 12.1 Å². The minimum Gasteiger partial charge on any atom is -0.325 e. The van der Waals surface area contributed by atoms with E-state index >= 15 is 0 Å². The molecule has 150 valence electrons. The number of carbonyl (C=O) groups excluding carboxylic acids is 2. The van der Waals surface area contributed by atoms with Gasteiger partial charge in [-0.2, -0.15) is 0 Å². The van der Waals surface area contributed by atoms with Crippen molar-refractivity contribution in [1.29, 1.82) is 0 Å². The van der Waals surface area contributed by atoms with E-state index in [1.165, 1.54) is 47.4 Å². The molecule has 0 spiro atoms. The Bertz CT molecular complexity index is 978. The van der Waals surface area contributed by atoms with E-state index in [4.69, 9.17) is 11.6 Å². The molecule has 0 aliphatic rings. The van der Waals surface area contributed by atoms with Crippen molar-refractivity contribution in [2.24, 2.45) is 0 Å². The molecule has 0 unspecified atom stereocenters. The van der Waals surface area contributed by atoms with Crippen LogP contribution in [0.1, 0.15) is 11.3 Å². The van der Waals surface area contributed by atoms with Gasteiger partial charge < -0.3 is 10.6 Å². The van der Waals surface area contributed by atoms with E-state index in [0.29, 0.717) is 21.6 Å². The average molecular weight is 450 g/mol. The maximum atomic E-state index is 12.9. The second-order valence-corrected chi connectivity index (χ2v) is 8.32. The SMILES string of the molecule is O=C(CSCc1csc(NC(=O)Cc2ccc(Cl)cc2)n1)Nc1ccc(F)cc1. The number of anilines is 2. The van der Waals surface area contributed by atoms with Crippen molar-refractivity contribution >= 4 is 57.3 Å². The van der Waals surface area contributed by atoms with Crippen LogP contribution in [0.3, 0.4) is 0 Å². The highest BCUT2D eigenvalue weighted by molar-refractivity contribution is 7.99. The van der Waals surface area contributed by atoms with Gasteiger partial charge in [0.1, 0.15) is 5.82 Å². The van der Waals surface area contributed by atoms with E-state index in [9.17, 15) is 14.0 Å². The van der Waals surface area contributed by atoms with Crippen LogP contribution in [-0.2, 0) is 21.8 Å². The summed E-state index contributed by atoms with van der Waals surface area (Å²) in [5.41, 5.74) is 2.21. The van der Waals surface area contributed by atoms with Crippen LogP contribution in [-0.4, -0.2) is 22.6 Å². The van der Waals surface area contributed by atoms with Crippen LogP contribution in [0, 0.1) is 5.82 Å². The number of halogens is 2. The number of benzene rings is 2. The fraction of sp³-hybridized carbons (Fsp3) is 0.150. The Labute approximate surface area is 180 Å². The summed E-state index contributed by atoms with van der Waals surface area (Å²) in [4.78, 5) is 28.4. The van der Waals surface area contributed by atoms with Gasteiger partial charge in [0.25, 0.3) is 0 Å². The summed E-state index contributed by atoms with van der Waals surface area (Å²) in [6.45, 7) is 0. The van der Waals surface area contributed by atoms with Crippen molar-refractivity contribution in [1.82, 2.24) is 4.98 Å². The molecule has 0 radical (unpaired) electrons. The Hall–Kier alpha value is -2.42. The van der Waals surface area contributed by atoms with Gasteiger partial charge in [0.05, 0.1) is 17.9 Å². The molecule has 5 nitrogen and oxygen atoms in total. The number of thioether (sulfide) groups is 1. The number of thiazole rings is 1. The largest absolute Gasteiger partial charge is 0.325 e. The van der Waals surface area contributed by atoms with E-state index in [2.05, 4.69) is 15.6 Å². The molecule has 2 aromatic carbocycles. The van der Waals surface area contributed by atoms with Gasteiger partial charge in [-0.25, -0.2) is 9.37 Å². The number of aromatic nitrogens is 1. The third kappa shape index (κ3) is 7.16. The summed E-state index contributed by atoms with van der Waals surface area (Å²) in [7, 11) is 0. The molecule has 9 heteroatoms. The molecule has 0 atom stereocenters. The Kier molecular flexibility index (Phi) is 7.62. The first kappa shape index (κ1) is 21.3. The van der Waals surface area contributed by atoms with Crippen LogP contribution >= 0.6 is 34.7 Å². The van der Waals surface area contributed by atoms with Crippen LogP contribution in [0.25, 0.3) is 0 Å². The number of nitrogens with one attached hydrogen (secondary N) is 2. The second-order valence-electron chi connectivity index (χ2n) is 6.04. The van der Waals surface area contributed by atoms with Gasteiger partial charge in [-0.05, 0) is 42.0 Å². The lowest BCUT2D eigenvalue weighted by molar-refractivity contribution is -0.115. The first-order valence-corrected chi connectivity index (χ1v) is 11.0. The first-order chi connectivity index (χ1) is 14.0. The van der Waals surface area contributed by atoms with Crippen LogP contribution in [0.4, 0.5) is 15.2 Å². The lowest BCUT2D eigenvalue weighted by Gasteiger charge is -2.04. The number of nitrogens with zero attached hydrogens (tertiary/aromatic N) is 1. The van der Waals surface area contributed by atoms with Crippen molar-refractivity contribution in [3.8, 4) is 0 Å². The molecular formula is C20H17ClFN3O2S2. The van der Waals surface area contributed by atoms with Gasteiger partial charge in [-0.1, -0.05) is 23.7 Å². The molecule has 1 heterocycles. The van der Waals surface area contributed by atoms with Gasteiger partial charge in [0.15, 0.2) is 5.13 Å². The van der Waals surface area contributed by atoms with Crippen molar-refractivity contribution in [3.63, 3.8) is 0 Å². The molecule has 0 saturated heterocycles. The highest BCUT2D eigenvalue weighted by atomic mass is 35.5. The van der Waals surface area contributed by atoms with Crippen molar-refractivity contribution in [2.45, 2.75) is 12.2 Å². The summed E-state index contributed by atoms with van der Waals surface area (Å²) in [6, 6.07) is 12.7. The third-order valence-electron chi connectivity index (χ3n) is 3.69. The van der Waals surface area contributed by atoms with Gasteiger partial charge in [0, 0.05) is 21.8 Å². The lowest BCUT2D eigenvalue weighted by Crippen LogP contribution is -2.14. The molecule has 0 bridgehead atoms. The van der Waals surface area contributed by atoms with Crippen LogP contribution in [0.2, 0.25) is 5.02 Å². The Morgan fingerprint density at radius 2 is 1.76 bits per heavy atom. The molecule has 3 rings (SSSR count). The van der Waals surface area contributed by atoms with Gasteiger partial charge >= 0.3 is 0 Å². The minimum absolute atomic E-state index is 0.153. The number of hydrogen-bond donors (Lipinski definition) is 2. The maximum absolute atomic E-state index is 12.9. The zero-order valence-corrected chi connectivity index (χ0v) is 17.5. The Balaban J connectivity index is 1.40. The van der Waals surface area contributed by atoms with Crippen molar-refractivity contribution < 1.29 is 14.0 Å². The van der Waals surface area contributed by atoms with E-state index in [0.717, 1.165) is 11.3 Å².